The minimum absolute atomic E-state index is 0.0718. The number of morpholine rings is 1. The molecule has 32 heavy (non-hydrogen) atoms. The summed E-state index contributed by atoms with van der Waals surface area (Å²) in [6, 6.07) is 11.6. The lowest BCUT2D eigenvalue weighted by atomic mass is 10.1. The minimum atomic E-state index is -0.0718. The summed E-state index contributed by atoms with van der Waals surface area (Å²) < 4.78 is 8.85. The van der Waals surface area contributed by atoms with Gasteiger partial charge in [-0.3, -0.25) is 8.77 Å². The number of pyridine rings is 2. The number of aromatic nitrogens is 3. The quantitative estimate of drug-likeness (QED) is 0.453. The van der Waals surface area contributed by atoms with Gasteiger partial charge in [-0.25, -0.2) is 4.98 Å². The van der Waals surface area contributed by atoms with Crippen molar-refractivity contribution in [2.45, 2.75) is 13.5 Å². The molecule has 0 bridgehead atoms. The van der Waals surface area contributed by atoms with Crippen molar-refractivity contribution < 1.29 is 4.74 Å². The third-order valence-electron chi connectivity index (χ3n) is 5.75. The van der Waals surface area contributed by atoms with Gasteiger partial charge < -0.3 is 14.2 Å². The fourth-order valence-electron chi connectivity index (χ4n) is 4.21. The van der Waals surface area contributed by atoms with Crippen molar-refractivity contribution in [3.8, 4) is 11.1 Å². The summed E-state index contributed by atoms with van der Waals surface area (Å²) in [5.74, 6) is 0. The number of fused-ring (bicyclic) bond motifs is 1. The molecule has 4 aromatic rings. The number of hydrogen-bond acceptors (Lipinski definition) is 5. The van der Waals surface area contributed by atoms with E-state index in [0.29, 0.717) is 24.8 Å². The van der Waals surface area contributed by atoms with Crippen LogP contribution in [0.1, 0.15) is 11.1 Å². The van der Waals surface area contributed by atoms with Crippen LogP contribution >= 0.6 is 24.4 Å². The van der Waals surface area contributed by atoms with E-state index in [1.54, 1.807) is 14.6 Å². The Morgan fingerprint density at radius 3 is 2.72 bits per heavy atom. The Labute approximate surface area is 196 Å². The van der Waals surface area contributed by atoms with Crippen molar-refractivity contribution in [3.05, 3.63) is 81.5 Å². The number of thiol groups is 1. The maximum absolute atomic E-state index is 12.9. The van der Waals surface area contributed by atoms with E-state index >= 15 is 0 Å². The molecule has 0 atom stereocenters. The topological polar surface area (TPSA) is 52.3 Å². The number of aryl methyl sites for hydroxylation is 1. The van der Waals surface area contributed by atoms with Gasteiger partial charge in [0.05, 0.1) is 31.6 Å². The second-order valence-electron chi connectivity index (χ2n) is 8.07. The third-order valence-corrected chi connectivity index (χ3v) is 6.27. The van der Waals surface area contributed by atoms with Gasteiger partial charge >= 0.3 is 0 Å². The van der Waals surface area contributed by atoms with E-state index in [1.165, 1.54) is 0 Å². The van der Waals surface area contributed by atoms with Gasteiger partial charge in [-0.15, -0.1) is 0 Å². The molecule has 5 rings (SSSR count). The summed E-state index contributed by atoms with van der Waals surface area (Å²) in [4.78, 5) is 19.8. The molecule has 4 heterocycles. The van der Waals surface area contributed by atoms with E-state index in [0.717, 1.165) is 52.1 Å². The van der Waals surface area contributed by atoms with Crippen LogP contribution in [0, 0.1) is 6.92 Å². The fraction of sp³-hybridized carbons (Fsp3) is 0.250. The Balaban J connectivity index is 1.50. The highest BCUT2D eigenvalue weighted by Gasteiger charge is 2.16. The molecule has 1 aromatic carbocycles. The lowest BCUT2D eigenvalue weighted by molar-refractivity contribution is 0.122. The van der Waals surface area contributed by atoms with Crippen LogP contribution in [0.15, 0.2) is 59.8 Å². The molecule has 1 saturated heterocycles. The summed E-state index contributed by atoms with van der Waals surface area (Å²) in [7, 11) is 0. The molecule has 0 radical (unpaired) electrons. The van der Waals surface area contributed by atoms with Crippen molar-refractivity contribution >= 4 is 41.1 Å². The zero-order valence-corrected chi connectivity index (χ0v) is 19.3. The summed E-state index contributed by atoms with van der Waals surface area (Å²) in [5.41, 5.74) is 5.58. The number of hydrogen-bond donors (Lipinski definition) is 1. The molecule has 0 amide bonds. The smallest absolute Gasteiger partial charge is 0.251 e. The SMILES string of the molecule is Cc1cc(Cl)cc(Cn2ccc(-c3cn(S)c4ncc(N5CCOCC5)cc34)cc2=O)c1. The largest absolute Gasteiger partial charge is 0.378 e. The molecule has 0 unspecified atom stereocenters. The van der Waals surface area contributed by atoms with E-state index in [1.807, 2.05) is 49.8 Å². The summed E-state index contributed by atoms with van der Waals surface area (Å²) in [6.45, 7) is 5.56. The second-order valence-corrected chi connectivity index (χ2v) is 8.94. The Morgan fingerprint density at radius 1 is 1.16 bits per heavy atom. The monoisotopic (exact) mass is 466 g/mol. The molecule has 6 nitrogen and oxygen atoms in total. The lowest BCUT2D eigenvalue weighted by Crippen LogP contribution is -2.36. The second kappa shape index (κ2) is 8.65. The van der Waals surface area contributed by atoms with Crippen LogP contribution in [0.4, 0.5) is 5.69 Å². The first-order valence-corrected chi connectivity index (χ1v) is 11.3. The molecule has 0 saturated carbocycles. The summed E-state index contributed by atoms with van der Waals surface area (Å²) >= 11 is 10.7. The van der Waals surface area contributed by atoms with Crippen LogP contribution in [0.5, 0.6) is 0 Å². The zero-order valence-electron chi connectivity index (χ0n) is 17.7. The van der Waals surface area contributed by atoms with E-state index in [4.69, 9.17) is 16.3 Å². The van der Waals surface area contributed by atoms with Crippen LogP contribution in [0.25, 0.3) is 22.2 Å². The molecule has 0 spiro atoms. The van der Waals surface area contributed by atoms with Crippen LogP contribution in [0.2, 0.25) is 5.02 Å². The molecule has 1 aliphatic rings. The maximum atomic E-state index is 12.9. The standard InChI is InChI=1S/C24H23ClN4O2S/c1-16-8-17(10-19(25)9-16)14-28-3-2-18(11-23(28)30)22-15-29(32)24-21(22)12-20(13-26-24)27-4-6-31-7-5-27/h2-3,8-13,15,32H,4-7,14H2,1H3. The van der Waals surface area contributed by atoms with Crippen molar-refractivity contribution in [2.24, 2.45) is 0 Å². The lowest BCUT2D eigenvalue weighted by Gasteiger charge is -2.28. The van der Waals surface area contributed by atoms with Crippen molar-refractivity contribution in [2.75, 3.05) is 31.2 Å². The Hall–Kier alpha value is -2.74. The number of anilines is 1. The average molecular weight is 467 g/mol. The van der Waals surface area contributed by atoms with Crippen LogP contribution in [-0.2, 0) is 11.3 Å². The molecule has 0 N–H and O–H groups in total. The van der Waals surface area contributed by atoms with E-state index in [-0.39, 0.29) is 5.56 Å². The van der Waals surface area contributed by atoms with E-state index < -0.39 is 0 Å². The Morgan fingerprint density at radius 2 is 1.97 bits per heavy atom. The molecular formula is C24H23ClN4O2S. The normalized spacial score (nSPS) is 14.3. The van der Waals surface area contributed by atoms with E-state index in [2.05, 4.69) is 28.8 Å². The third kappa shape index (κ3) is 4.16. The number of benzene rings is 1. The van der Waals surface area contributed by atoms with Gasteiger partial charge in [-0.1, -0.05) is 30.5 Å². The maximum Gasteiger partial charge on any atom is 0.251 e. The number of nitrogens with zero attached hydrogens (tertiary/aromatic N) is 4. The highest BCUT2D eigenvalue weighted by Crippen LogP contribution is 2.32. The van der Waals surface area contributed by atoms with Gasteiger partial charge in [0.25, 0.3) is 5.56 Å². The van der Waals surface area contributed by atoms with Gasteiger partial charge in [-0.05, 0) is 47.9 Å². The van der Waals surface area contributed by atoms with Crippen LogP contribution < -0.4 is 10.5 Å². The predicted octanol–water partition coefficient (Wildman–Crippen LogP) is 4.40. The first-order valence-electron chi connectivity index (χ1n) is 10.5. The van der Waals surface area contributed by atoms with Gasteiger partial charge in [0.15, 0.2) is 5.65 Å². The van der Waals surface area contributed by atoms with Crippen LogP contribution in [-0.4, -0.2) is 39.8 Å². The van der Waals surface area contributed by atoms with Gasteiger partial charge in [0.1, 0.15) is 0 Å². The molecule has 1 fully saturated rings. The molecule has 164 valence electrons. The van der Waals surface area contributed by atoms with Crippen LogP contribution in [0.3, 0.4) is 0 Å². The van der Waals surface area contributed by atoms with Crippen molar-refractivity contribution in [1.82, 2.24) is 13.5 Å². The molecule has 1 aliphatic heterocycles. The number of halogens is 1. The van der Waals surface area contributed by atoms with Gasteiger partial charge in [-0.2, -0.15) is 0 Å². The summed E-state index contributed by atoms with van der Waals surface area (Å²) in [6.07, 6.45) is 5.60. The Kier molecular flexibility index (Phi) is 5.71. The molecular weight excluding hydrogens is 444 g/mol. The predicted molar refractivity (Wildman–Crippen MR) is 132 cm³/mol. The molecule has 3 aromatic heterocycles. The van der Waals surface area contributed by atoms with Crippen molar-refractivity contribution in [1.29, 1.82) is 0 Å². The minimum Gasteiger partial charge on any atom is -0.378 e. The van der Waals surface area contributed by atoms with E-state index in [9.17, 15) is 4.79 Å². The van der Waals surface area contributed by atoms with Gasteiger partial charge in [0.2, 0.25) is 0 Å². The molecule has 0 aliphatic carbocycles. The number of ether oxygens (including phenoxy) is 1. The Bertz CT molecular complexity index is 1340. The first-order chi connectivity index (χ1) is 15.5. The fourth-order valence-corrected chi connectivity index (χ4v) is 4.80. The highest BCUT2D eigenvalue weighted by molar-refractivity contribution is 7.78. The number of rotatable bonds is 4. The first kappa shape index (κ1) is 21.1. The van der Waals surface area contributed by atoms with Crippen molar-refractivity contribution in [3.63, 3.8) is 0 Å². The van der Waals surface area contributed by atoms with Gasteiger partial charge in [0, 0.05) is 47.5 Å². The zero-order chi connectivity index (χ0) is 22.2. The average Bonchev–Trinajstić information content (AvgIpc) is 3.11. The molecule has 8 heteroatoms. The summed E-state index contributed by atoms with van der Waals surface area (Å²) in [5, 5.41) is 1.64. The highest BCUT2D eigenvalue weighted by atomic mass is 35.5.